The molecule has 0 saturated carbocycles. The van der Waals surface area contributed by atoms with Gasteiger partial charge in [0.15, 0.2) is 11.5 Å². The number of hydrogen-bond acceptors (Lipinski definition) is 5. The molecule has 0 bridgehead atoms. The predicted octanol–water partition coefficient (Wildman–Crippen LogP) is 4.19. The van der Waals surface area contributed by atoms with Gasteiger partial charge in [-0.15, -0.1) is 0 Å². The lowest BCUT2D eigenvalue weighted by Gasteiger charge is -2.24. The first-order valence-corrected chi connectivity index (χ1v) is 9.53. The summed E-state index contributed by atoms with van der Waals surface area (Å²) in [5, 5.41) is 10.6. The molecule has 0 spiro atoms. The van der Waals surface area contributed by atoms with Crippen LogP contribution in [0, 0.1) is 5.92 Å². The van der Waals surface area contributed by atoms with Crippen LogP contribution < -0.4 is 9.47 Å². The van der Waals surface area contributed by atoms with E-state index in [4.69, 9.17) is 14.2 Å². The molecule has 0 amide bonds. The first-order valence-electron chi connectivity index (χ1n) is 9.53. The van der Waals surface area contributed by atoms with Crippen LogP contribution in [0.3, 0.4) is 0 Å². The van der Waals surface area contributed by atoms with Crippen LogP contribution in [-0.2, 0) is 9.53 Å². The smallest absolute Gasteiger partial charge is 0.310 e. The van der Waals surface area contributed by atoms with Gasteiger partial charge in [-0.3, -0.25) is 4.79 Å². The number of methoxy groups -OCH3 is 1. The first-order chi connectivity index (χ1) is 14.2. The van der Waals surface area contributed by atoms with Gasteiger partial charge in [-0.25, -0.2) is 0 Å². The number of aromatic hydroxyl groups is 1. The van der Waals surface area contributed by atoms with Crippen LogP contribution in [-0.4, -0.2) is 25.0 Å². The molecule has 5 rings (SSSR count). The van der Waals surface area contributed by atoms with Crippen LogP contribution in [0.2, 0.25) is 0 Å². The number of rotatable bonds is 3. The zero-order valence-electron chi connectivity index (χ0n) is 15.9. The highest BCUT2D eigenvalue weighted by Gasteiger charge is 2.47. The number of hydrogen-bond donors (Lipinski definition) is 1. The minimum Gasteiger partial charge on any atom is -0.508 e. The molecule has 29 heavy (non-hydrogen) atoms. The molecule has 3 atom stereocenters. The zero-order valence-corrected chi connectivity index (χ0v) is 15.9. The topological polar surface area (TPSA) is 65.0 Å². The molecular weight excluding hydrogens is 368 g/mol. The van der Waals surface area contributed by atoms with E-state index < -0.39 is 5.92 Å². The van der Waals surface area contributed by atoms with Crippen LogP contribution in [0.15, 0.2) is 66.7 Å². The van der Waals surface area contributed by atoms with Crippen LogP contribution in [0.1, 0.15) is 34.1 Å². The average Bonchev–Trinajstić information content (AvgIpc) is 3.35. The zero-order chi connectivity index (χ0) is 20.0. The lowest BCUT2D eigenvalue weighted by molar-refractivity contribution is -0.146. The van der Waals surface area contributed by atoms with Gasteiger partial charge in [-0.2, -0.15) is 0 Å². The lowest BCUT2D eigenvalue weighted by atomic mass is 9.79. The van der Waals surface area contributed by atoms with Crippen molar-refractivity contribution in [2.75, 3.05) is 13.9 Å². The Morgan fingerprint density at radius 3 is 2.28 bits per heavy atom. The second-order valence-corrected chi connectivity index (χ2v) is 7.30. The number of phenolic OH excluding ortho intramolecular Hbond substituents is 1. The van der Waals surface area contributed by atoms with Crippen molar-refractivity contribution in [3.05, 3.63) is 89.0 Å². The molecule has 0 fully saturated rings. The molecule has 0 unspecified atom stereocenters. The van der Waals surface area contributed by atoms with Crippen molar-refractivity contribution < 1.29 is 24.1 Å². The van der Waals surface area contributed by atoms with E-state index in [1.165, 1.54) is 7.11 Å². The molecule has 1 heterocycles. The van der Waals surface area contributed by atoms with E-state index in [1.54, 1.807) is 12.1 Å². The highest BCUT2D eigenvalue weighted by molar-refractivity contribution is 5.80. The summed E-state index contributed by atoms with van der Waals surface area (Å²) in [5.74, 6) is 0.199. The Hall–Kier alpha value is -3.47. The number of phenols is 1. The summed E-state index contributed by atoms with van der Waals surface area (Å²) >= 11 is 0. The largest absolute Gasteiger partial charge is 0.508 e. The fraction of sp³-hybridized carbons (Fsp3) is 0.208. The molecular formula is C24H20O5. The Bertz CT molecular complexity index is 1090. The maximum Gasteiger partial charge on any atom is 0.310 e. The quantitative estimate of drug-likeness (QED) is 0.682. The second-order valence-electron chi connectivity index (χ2n) is 7.30. The number of para-hydroxylation sites is 1. The maximum atomic E-state index is 13.0. The van der Waals surface area contributed by atoms with E-state index in [1.807, 2.05) is 54.6 Å². The van der Waals surface area contributed by atoms with Gasteiger partial charge in [-0.05, 0) is 34.9 Å². The Labute approximate surface area is 168 Å². The van der Waals surface area contributed by atoms with Crippen molar-refractivity contribution in [2.45, 2.75) is 11.8 Å². The van der Waals surface area contributed by atoms with Gasteiger partial charge < -0.3 is 19.3 Å². The third-order valence-electron chi connectivity index (χ3n) is 5.89. The molecule has 3 aromatic carbocycles. The van der Waals surface area contributed by atoms with Crippen molar-refractivity contribution in [3.63, 3.8) is 0 Å². The normalized spacial score (nSPS) is 21.6. The molecule has 146 valence electrons. The fourth-order valence-corrected chi connectivity index (χ4v) is 4.67. The standard InChI is InChI=1S/C24H20O5/c1-27-24(26)23-21(14-10-11-19-20(12-14)29-13-28-19)15-6-2-3-7-16(15)22(23)17-8-4-5-9-18(17)25/h2-12,21-23,25H,13H2,1H3/t21-,22-,23-/m0/s1. The van der Waals surface area contributed by atoms with Crippen molar-refractivity contribution in [3.8, 4) is 17.2 Å². The Morgan fingerprint density at radius 1 is 0.897 bits per heavy atom. The number of fused-ring (bicyclic) bond motifs is 2. The molecule has 0 radical (unpaired) electrons. The average molecular weight is 388 g/mol. The van der Waals surface area contributed by atoms with E-state index in [9.17, 15) is 9.90 Å². The predicted molar refractivity (Wildman–Crippen MR) is 106 cm³/mol. The van der Waals surface area contributed by atoms with Crippen molar-refractivity contribution in [1.82, 2.24) is 0 Å². The third-order valence-corrected chi connectivity index (χ3v) is 5.89. The molecule has 0 aromatic heterocycles. The van der Waals surface area contributed by atoms with E-state index in [0.717, 1.165) is 22.3 Å². The SMILES string of the molecule is COC(=O)[C@@H]1[C@H](c2ccccc2O)c2ccccc2[C@@H]1c1ccc2c(c1)OCO2. The minimum atomic E-state index is -0.508. The monoisotopic (exact) mass is 388 g/mol. The molecule has 1 N–H and O–H groups in total. The number of benzene rings is 3. The molecule has 0 saturated heterocycles. The first kappa shape index (κ1) is 17.6. The van der Waals surface area contributed by atoms with Gasteiger partial charge in [0.25, 0.3) is 0 Å². The number of carbonyl (C=O) groups is 1. The highest BCUT2D eigenvalue weighted by atomic mass is 16.7. The van der Waals surface area contributed by atoms with Gasteiger partial charge in [0.2, 0.25) is 6.79 Å². The number of carbonyl (C=O) groups excluding carboxylic acids is 1. The van der Waals surface area contributed by atoms with Gasteiger partial charge in [0, 0.05) is 17.4 Å². The molecule has 5 heteroatoms. The van der Waals surface area contributed by atoms with Crippen LogP contribution >= 0.6 is 0 Å². The molecule has 2 aliphatic rings. The molecule has 1 aliphatic carbocycles. The van der Waals surface area contributed by atoms with Gasteiger partial charge in [0.05, 0.1) is 13.0 Å². The summed E-state index contributed by atoms with van der Waals surface area (Å²) in [7, 11) is 1.41. The van der Waals surface area contributed by atoms with Gasteiger partial charge >= 0.3 is 5.97 Å². The summed E-state index contributed by atoms with van der Waals surface area (Å²) in [6.07, 6.45) is 0. The second kappa shape index (κ2) is 6.85. The van der Waals surface area contributed by atoms with E-state index in [2.05, 4.69) is 0 Å². The summed E-state index contributed by atoms with van der Waals surface area (Å²) < 4.78 is 16.2. The van der Waals surface area contributed by atoms with Crippen molar-refractivity contribution in [1.29, 1.82) is 0 Å². The molecule has 1 aliphatic heterocycles. The summed E-state index contributed by atoms with van der Waals surface area (Å²) in [5.41, 5.74) is 3.75. The highest BCUT2D eigenvalue weighted by Crippen LogP contribution is 2.55. The minimum absolute atomic E-state index is 0.174. The Morgan fingerprint density at radius 2 is 1.55 bits per heavy atom. The van der Waals surface area contributed by atoms with Crippen LogP contribution in [0.4, 0.5) is 0 Å². The van der Waals surface area contributed by atoms with E-state index in [0.29, 0.717) is 11.5 Å². The van der Waals surface area contributed by atoms with Crippen molar-refractivity contribution in [2.24, 2.45) is 5.92 Å². The van der Waals surface area contributed by atoms with Crippen LogP contribution in [0.25, 0.3) is 0 Å². The maximum absolute atomic E-state index is 13.0. The molecule has 5 nitrogen and oxygen atoms in total. The van der Waals surface area contributed by atoms with Crippen LogP contribution in [0.5, 0.6) is 17.2 Å². The summed E-state index contributed by atoms with van der Waals surface area (Å²) in [4.78, 5) is 13.0. The van der Waals surface area contributed by atoms with E-state index in [-0.39, 0.29) is 30.3 Å². The van der Waals surface area contributed by atoms with Crippen molar-refractivity contribution >= 4 is 5.97 Å². The summed E-state index contributed by atoms with van der Waals surface area (Å²) in [6, 6.07) is 21.0. The summed E-state index contributed by atoms with van der Waals surface area (Å²) in [6.45, 7) is 0.195. The number of ether oxygens (including phenoxy) is 3. The fourth-order valence-electron chi connectivity index (χ4n) is 4.67. The van der Waals surface area contributed by atoms with Gasteiger partial charge in [0.1, 0.15) is 5.75 Å². The number of esters is 1. The lowest BCUT2D eigenvalue weighted by Crippen LogP contribution is -2.25. The van der Waals surface area contributed by atoms with Gasteiger partial charge in [-0.1, -0.05) is 48.5 Å². The Kier molecular flexibility index (Phi) is 4.16. The molecule has 3 aromatic rings. The third kappa shape index (κ3) is 2.73. The Balaban J connectivity index is 1.72. The van der Waals surface area contributed by atoms with E-state index >= 15 is 0 Å².